The molecule has 4 heteroatoms. The van der Waals surface area contributed by atoms with Crippen LogP contribution in [0, 0.1) is 13.8 Å². The SMILES string of the molecule is COc1ccc(-c2cccc3c2/C(=C/c2[nH]c(C)cc2C)C(=O)N3)cc1. The maximum absolute atomic E-state index is 12.6. The summed E-state index contributed by atoms with van der Waals surface area (Å²) in [7, 11) is 1.65. The lowest BCUT2D eigenvalue weighted by Gasteiger charge is -2.09. The van der Waals surface area contributed by atoms with Crippen LogP contribution in [0.5, 0.6) is 5.75 Å². The second-order valence-corrected chi connectivity index (χ2v) is 6.52. The molecule has 2 heterocycles. The minimum atomic E-state index is -0.0763. The van der Waals surface area contributed by atoms with Gasteiger partial charge in [-0.15, -0.1) is 0 Å². The largest absolute Gasteiger partial charge is 0.497 e. The van der Waals surface area contributed by atoms with Crippen LogP contribution in [0.4, 0.5) is 5.69 Å². The van der Waals surface area contributed by atoms with E-state index < -0.39 is 0 Å². The average molecular weight is 344 g/mol. The van der Waals surface area contributed by atoms with Crippen LogP contribution in [0.15, 0.2) is 48.5 Å². The molecule has 0 unspecified atom stereocenters. The summed E-state index contributed by atoms with van der Waals surface area (Å²) in [6.45, 7) is 4.06. The number of benzene rings is 2. The Hall–Kier alpha value is -3.27. The quantitative estimate of drug-likeness (QED) is 0.671. The van der Waals surface area contributed by atoms with E-state index in [0.29, 0.717) is 5.57 Å². The molecule has 0 spiro atoms. The molecule has 0 fully saturated rings. The number of H-pyrrole nitrogens is 1. The molecule has 0 bridgehead atoms. The second kappa shape index (κ2) is 6.23. The number of aromatic amines is 1. The molecule has 130 valence electrons. The van der Waals surface area contributed by atoms with Gasteiger partial charge in [-0.05, 0) is 60.9 Å². The Bertz CT molecular complexity index is 1030. The van der Waals surface area contributed by atoms with Gasteiger partial charge in [0.15, 0.2) is 0 Å². The third-order valence-corrected chi connectivity index (χ3v) is 4.71. The van der Waals surface area contributed by atoms with Gasteiger partial charge in [-0.1, -0.05) is 24.3 Å². The maximum atomic E-state index is 12.6. The minimum Gasteiger partial charge on any atom is -0.497 e. The molecule has 0 saturated carbocycles. The van der Waals surface area contributed by atoms with Crippen LogP contribution < -0.4 is 10.1 Å². The first-order chi connectivity index (χ1) is 12.6. The van der Waals surface area contributed by atoms with E-state index in [0.717, 1.165) is 45.1 Å². The van der Waals surface area contributed by atoms with E-state index in [1.807, 2.05) is 62.4 Å². The van der Waals surface area contributed by atoms with Crippen LogP contribution in [0.3, 0.4) is 0 Å². The molecule has 1 aliphatic heterocycles. The molecule has 0 saturated heterocycles. The zero-order valence-corrected chi connectivity index (χ0v) is 15.0. The van der Waals surface area contributed by atoms with Crippen LogP contribution in [0.2, 0.25) is 0 Å². The molecule has 4 rings (SSSR count). The number of fused-ring (bicyclic) bond motifs is 1. The van der Waals surface area contributed by atoms with E-state index in [9.17, 15) is 4.79 Å². The number of ether oxygens (including phenoxy) is 1. The first-order valence-electron chi connectivity index (χ1n) is 8.54. The molecule has 3 aromatic rings. The monoisotopic (exact) mass is 344 g/mol. The van der Waals surface area contributed by atoms with E-state index in [4.69, 9.17) is 4.74 Å². The van der Waals surface area contributed by atoms with Crippen molar-refractivity contribution >= 4 is 23.2 Å². The molecule has 26 heavy (non-hydrogen) atoms. The third kappa shape index (κ3) is 2.69. The molecule has 4 nitrogen and oxygen atoms in total. The molecular formula is C22H20N2O2. The van der Waals surface area contributed by atoms with Crippen molar-refractivity contribution in [1.29, 1.82) is 0 Å². The van der Waals surface area contributed by atoms with Crippen LogP contribution in [-0.4, -0.2) is 18.0 Å². The van der Waals surface area contributed by atoms with Gasteiger partial charge in [0.05, 0.1) is 12.7 Å². The number of amides is 1. The first-order valence-corrected chi connectivity index (χ1v) is 8.54. The van der Waals surface area contributed by atoms with Crippen molar-refractivity contribution in [2.24, 2.45) is 0 Å². The van der Waals surface area contributed by atoms with Gasteiger partial charge in [0.1, 0.15) is 5.75 Å². The Morgan fingerprint density at radius 3 is 2.46 bits per heavy atom. The summed E-state index contributed by atoms with van der Waals surface area (Å²) in [5.41, 5.74) is 7.70. The highest BCUT2D eigenvalue weighted by Crippen LogP contribution is 2.40. The Kier molecular flexibility index (Phi) is 3.88. The van der Waals surface area contributed by atoms with E-state index in [1.165, 1.54) is 0 Å². The van der Waals surface area contributed by atoms with Gasteiger partial charge < -0.3 is 15.0 Å². The van der Waals surface area contributed by atoms with Crippen LogP contribution in [0.25, 0.3) is 22.8 Å². The number of rotatable bonds is 3. The van der Waals surface area contributed by atoms with Gasteiger partial charge >= 0.3 is 0 Å². The molecule has 0 radical (unpaired) electrons. The maximum Gasteiger partial charge on any atom is 0.256 e. The number of aromatic nitrogens is 1. The topological polar surface area (TPSA) is 54.1 Å². The highest BCUT2D eigenvalue weighted by molar-refractivity contribution is 6.36. The molecule has 1 amide bonds. The average Bonchev–Trinajstić information content (AvgIpc) is 3.13. The molecule has 0 aliphatic carbocycles. The summed E-state index contributed by atoms with van der Waals surface area (Å²) in [6, 6.07) is 15.9. The van der Waals surface area contributed by atoms with Crippen LogP contribution in [-0.2, 0) is 4.79 Å². The zero-order valence-electron chi connectivity index (χ0n) is 15.0. The van der Waals surface area contributed by atoms with Crippen molar-refractivity contribution in [2.75, 3.05) is 12.4 Å². The van der Waals surface area contributed by atoms with Gasteiger partial charge in [0, 0.05) is 22.6 Å². The van der Waals surface area contributed by atoms with E-state index in [2.05, 4.69) is 16.4 Å². The molecule has 0 atom stereocenters. The number of hydrogen-bond acceptors (Lipinski definition) is 2. The van der Waals surface area contributed by atoms with Gasteiger partial charge in [0.25, 0.3) is 5.91 Å². The molecule has 1 aliphatic rings. The lowest BCUT2D eigenvalue weighted by atomic mass is 9.94. The number of aryl methyl sites for hydroxylation is 2. The number of methoxy groups -OCH3 is 1. The Morgan fingerprint density at radius 1 is 1.04 bits per heavy atom. The summed E-state index contributed by atoms with van der Waals surface area (Å²) in [5.74, 6) is 0.733. The molecule has 2 N–H and O–H groups in total. The molecular weight excluding hydrogens is 324 g/mol. The van der Waals surface area contributed by atoms with E-state index in [1.54, 1.807) is 7.11 Å². The predicted octanol–water partition coefficient (Wildman–Crippen LogP) is 4.80. The lowest BCUT2D eigenvalue weighted by Crippen LogP contribution is -2.03. The lowest BCUT2D eigenvalue weighted by molar-refractivity contribution is -0.110. The zero-order chi connectivity index (χ0) is 18.3. The van der Waals surface area contributed by atoms with Crippen molar-refractivity contribution in [3.63, 3.8) is 0 Å². The summed E-state index contributed by atoms with van der Waals surface area (Å²) in [4.78, 5) is 15.9. The van der Waals surface area contributed by atoms with E-state index >= 15 is 0 Å². The van der Waals surface area contributed by atoms with Crippen molar-refractivity contribution in [3.8, 4) is 16.9 Å². The number of nitrogens with one attached hydrogen (secondary N) is 2. The summed E-state index contributed by atoms with van der Waals surface area (Å²) >= 11 is 0. The minimum absolute atomic E-state index is 0.0763. The van der Waals surface area contributed by atoms with Gasteiger partial charge in [-0.25, -0.2) is 0 Å². The highest BCUT2D eigenvalue weighted by atomic mass is 16.5. The Labute approximate surface area is 152 Å². The second-order valence-electron chi connectivity index (χ2n) is 6.52. The van der Waals surface area contributed by atoms with Gasteiger partial charge in [-0.3, -0.25) is 4.79 Å². The third-order valence-electron chi connectivity index (χ3n) is 4.71. The van der Waals surface area contributed by atoms with Crippen molar-refractivity contribution in [3.05, 3.63) is 71.0 Å². The van der Waals surface area contributed by atoms with Crippen LogP contribution in [0.1, 0.15) is 22.5 Å². The fourth-order valence-corrected chi connectivity index (χ4v) is 3.44. The van der Waals surface area contributed by atoms with Crippen LogP contribution >= 0.6 is 0 Å². The fraction of sp³-hybridized carbons (Fsp3) is 0.136. The van der Waals surface area contributed by atoms with Crippen molar-refractivity contribution in [2.45, 2.75) is 13.8 Å². The standard InChI is InChI=1S/C22H20N2O2/c1-13-11-14(2)23-20(13)12-18-21-17(5-4-6-19(21)24-22(18)25)15-7-9-16(26-3)10-8-15/h4-12,23H,1-3H3,(H,24,25)/b18-12-. The molecule has 2 aromatic carbocycles. The van der Waals surface area contributed by atoms with Gasteiger partial charge in [0.2, 0.25) is 0 Å². The predicted molar refractivity (Wildman–Crippen MR) is 105 cm³/mol. The highest BCUT2D eigenvalue weighted by Gasteiger charge is 2.27. The van der Waals surface area contributed by atoms with E-state index in [-0.39, 0.29) is 5.91 Å². The Morgan fingerprint density at radius 2 is 1.81 bits per heavy atom. The number of carbonyl (C=O) groups excluding carboxylic acids is 1. The summed E-state index contributed by atoms with van der Waals surface area (Å²) in [6.07, 6.45) is 1.94. The molecule has 1 aromatic heterocycles. The number of anilines is 1. The Balaban J connectivity index is 1.87. The fourth-order valence-electron chi connectivity index (χ4n) is 3.44. The summed E-state index contributed by atoms with van der Waals surface area (Å²) in [5, 5.41) is 2.98. The normalized spacial score (nSPS) is 14.4. The first kappa shape index (κ1) is 16.2. The number of carbonyl (C=O) groups is 1. The van der Waals surface area contributed by atoms with Crippen molar-refractivity contribution in [1.82, 2.24) is 4.98 Å². The number of hydrogen-bond donors (Lipinski definition) is 2. The van der Waals surface area contributed by atoms with Crippen molar-refractivity contribution < 1.29 is 9.53 Å². The summed E-state index contributed by atoms with van der Waals surface area (Å²) < 4.78 is 5.25. The smallest absolute Gasteiger partial charge is 0.256 e. The van der Waals surface area contributed by atoms with Gasteiger partial charge in [-0.2, -0.15) is 0 Å².